The van der Waals surface area contributed by atoms with Crippen LogP contribution >= 0.6 is 0 Å². The van der Waals surface area contributed by atoms with Crippen molar-refractivity contribution < 1.29 is 9.31 Å². The van der Waals surface area contributed by atoms with Gasteiger partial charge in [0, 0.05) is 22.7 Å². The van der Waals surface area contributed by atoms with Crippen molar-refractivity contribution in [3.05, 3.63) is 107 Å². The second kappa shape index (κ2) is 7.49. The predicted octanol–water partition coefficient (Wildman–Crippen LogP) is 7.75. The Bertz CT molecular complexity index is 1470. The Morgan fingerprint density at radius 3 is 2.14 bits per heavy atom. The van der Waals surface area contributed by atoms with Crippen molar-refractivity contribution in [1.29, 1.82) is 0 Å². The number of allylic oxidation sites excluding steroid dienone is 2. The second-order valence-electron chi connectivity index (χ2n) is 12.5. The third-order valence-electron chi connectivity index (χ3n) is 9.47. The van der Waals surface area contributed by atoms with Gasteiger partial charge in [0.2, 0.25) is 0 Å². The van der Waals surface area contributed by atoms with Crippen LogP contribution in [0.4, 0.5) is 11.4 Å². The molecule has 0 spiro atoms. The van der Waals surface area contributed by atoms with E-state index in [2.05, 4.69) is 131 Å². The third-order valence-corrected chi connectivity index (χ3v) is 9.47. The van der Waals surface area contributed by atoms with E-state index in [0.29, 0.717) is 0 Å². The number of nitrogens with zero attached hydrogens (tertiary/aromatic N) is 1. The minimum atomic E-state index is -0.374. The van der Waals surface area contributed by atoms with Crippen LogP contribution in [0.5, 0.6) is 0 Å². The molecule has 7 rings (SSSR count). The van der Waals surface area contributed by atoms with Gasteiger partial charge in [-0.25, -0.2) is 0 Å². The second-order valence-corrected chi connectivity index (χ2v) is 12.5. The molecule has 0 N–H and O–H groups in total. The zero-order valence-electron chi connectivity index (χ0n) is 22.6. The average molecular weight is 487 g/mol. The SMILES string of the molecule is CC1(C)C2=CC(B3OC(C)(C)C(C)(C)O3)=CC3c4cc(-c5ccccc5)ccc4N(c4ccccc41)C23. The standard InChI is InChI=1S/C33H34BNO2/c1-31(2)26-14-10-11-15-29(26)35-28-17-16-22(21-12-8-7-9-13-21)18-24(28)25-19-23(20-27(31)30(25)35)34-36-32(3,4)33(5,6)37-34/h7-20,25,30H,1-6H3. The molecule has 4 aliphatic rings. The maximum atomic E-state index is 6.56. The molecule has 0 aromatic heterocycles. The van der Waals surface area contributed by atoms with Crippen LogP contribution in [0.25, 0.3) is 11.1 Å². The third kappa shape index (κ3) is 3.15. The molecule has 3 heterocycles. The molecule has 0 radical (unpaired) electrons. The summed E-state index contributed by atoms with van der Waals surface area (Å²) >= 11 is 0. The number of anilines is 2. The van der Waals surface area contributed by atoms with Crippen LogP contribution in [0.15, 0.2) is 96.0 Å². The van der Waals surface area contributed by atoms with Gasteiger partial charge in [-0.3, -0.25) is 0 Å². The predicted molar refractivity (Wildman–Crippen MR) is 152 cm³/mol. The first-order valence-corrected chi connectivity index (χ1v) is 13.5. The molecule has 4 heteroatoms. The number of benzene rings is 3. The first-order valence-electron chi connectivity index (χ1n) is 13.5. The van der Waals surface area contributed by atoms with Crippen LogP contribution in [0.1, 0.15) is 58.6 Å². The molecule has 0 amide bonds. The fourth-order valence-corrected chi connectivity index (χ4v) is 6.69. The lowest BCUT2D eigenvalue weighted by Crippen LogP contribution is -2.46. The van der Waals surface area contributed by atoms with Crippen LogP contribution in [0.3, 0.4) is 0 Å². The summed E-state index contributed by atoms with van der Waals surface area (Å²) in [6.07, 6.45) is 4.81. The van der Waals surface area contributed by atoms with Gasteiger partial charge in [-0.15, -0.1) is 0 Å². The zero-order chi connectivity index (χ0) is 25.7. The Labute approximate surface area is 220 Å². The van der Waals surface area contributed by atoms with Crippen molar-refractivity contribution >= 4 is 18.5 Å². The smallest absolute Gasteiger partial charge is 0.399 e. The van der Waals surface area contributed by atoms with Gasteiger partial charge in [-0.2, -0.15) is 0 Å². The molecule has 0 bridgehead atoms. The van der Waals surface area contributed by atoms with E-state index in [1.165, 1.54) is 39.2 Å². The van der Waals surface area contributed by atoms with E-state index in [0.717, 1.165) is 5.47 Å². The Kier molecular flexibility index (Phi) is 4.67. The van der Waals surface area contributed by atoms with Gasteiger partial charge in [0.1, 0.15) is 0 Å². The van der Waals surface area contributed by atoms with Gasteiger partial charge >= 0.3 is 7.12 Å². The molecular weight excluding hydrogens is 453 g/mol. The van der Waals surface area contributed by atoms with E-state index in [1.54, 1.807) is 0 Å². The number of hydrogen-bond donors (Lipinski definition) is 0. The molecule has 2 unspecified atom stereocenters. The summed E-state index contributed by atoms with van der Waals surface area (Å²) in [4.78, 5) is 2.58. The van der Waals surface area contributed by atoms with Crippen molar-refractivity contribution in [2.24, 2.45) is 0 Å². The summed E-state index contributed by atoms with van der Waals surface area (Å²) in [6.45, 7) is 13.3. The Hall–Kier alpha value is -3.08. The summed E-state index contributed by atoms with van der Waals surface area (Å²) in [5, 5.41) is 0. The molecule has 0 saturated carbocycles. The molecule has 3 aromatic rings. The Balaban J connectivity index is 1.44. The largest absolute Gasteiger partial charge is 0.494 e. The molecule has 186 valence electrons. The van der Waals surface area contributed by atoms with E-state index < -0.39 is 0 Å². The first-order chi connectivity index (χ1) is 17.6. The van der Waals surface area contributed by atoms with Gasteiger partial charge in [-0.05, 0) is 79.2 Å². The molecule has 3 aromatic carbocycles. The minimum Gasteiger partial charge on any atom is -0.399 e. The molecule has 2 atom stereocenters. The normalized spacial score (nSPS) is 25.7. The van der Waals surface area contributed by atoms with Crippen LogP contribution in [0.2, 0.25) is 0 Å². The van der Waals surface area contributed by atoms with Crippen LogP contribution in [-0.2, 0) is 14.7 Å². The molecule has 1 fully saturated rings. The summed E-state index contributed by atoms with van der Waals surface area (Å²) in [6, 6.07) is 26.9. The maximum absolute atomic E-state index is 6.56. The Morgan fingerprint density at radius 2 is 1.41 bits per heavy atom. The van der Waals surface area contributed by atoms with Crippen molar-refractivity contribution in [3.8, 4) is 11.1 Å². The summed E-state index contributed by atoms with van der Waals surface area (Å²) in [5.74, 6) is 0.223. The fourth-order valence-electron chi connectivity index (χ4n) is 6.69. The average Bonchev–Trinajstić information content (AvgIpc) is 3.32. The summed E-state index contributed by atoms with van der Waals surface area (Å²) in [7, 11) is -0.374. The molecule has 3 nitrogen and oxygen atoms in total. The topological polar surface area (TPSA) is 21.7 Å². The highest BCUT2D eigenvalue weighted by atomic mass is 16.7. The number of hydrogen-bond acceptors (Lipinski definition) is 3. The molecule has 3 aliphatic heterocycles. The van der Waals surface area contributed by atoms with E-state index in [1.807, 2.05) is 0 Å². The van der Waals surface area contributed by atoms with Crippen LogP contribution in [-0.4, -0.2) is 24.4 Å². The summed E-state index contributed by atoms with van der Waals surface area (Å²) in [5.41, 5.74) is 9.58. The van der Waals surface area contributed by atoms with Crippen LogP contribution in [0, 0.1) is 0 Å². The lowest BCUT2D eigenvalue weighted by Gasteiger charge is -2.48. The van der Waals surface area contributed by atoms with Gasteiger partial charge in [0.25, 0.3) is 0 Å². The highest BCUT2D eigenvalue weighted by molar-refractivity contribution is 6.55. The zero-order valence-corrected chi connectivity index (χ0v) is 22.6. The Morgan fingerprint density at radius 1 is 0.730 bits per heavy atom. The van der Waals surface area contributed by atoms with Crippen LogP contribution < -0.4 is 4.90 Å². The van der Waals surface area contributed by atoms with Crippen molar-refractivity contribution in [2.75, 3.05) is 4.90 Å². The molecule has 1 saturated heterocycles. The number of fused-ring (bicyclic) bond motifs is 5. The van der Waals surface area contributed by atoms with E-state index in [4.69, 9.17) is 9.31 Å². The highest BCUT2D eigenvalue weighted by Crippen LogP contribution is 2.60. The van der Waals surface area contributed by atoms with Crippen molar-refractivity contribution in [3.63, 3.8) is 0 Å². The monoisotopic (exact) mass is 487 g/mol. The van der Waals surface area contributed by atoms with Crippen molar-refractivity contribution in [2.45, 2.75) is 70.1 Å². The fraction of sp³-hybridized carbons (Fsp3) is 0.333. The van der Waals surface area contributed by atoms with Gasteiger partial charge in [0.05, 0.1) is 17.2 Å². The van der Waals surface area contributed by atoms with E-state index in [9.17, 15) is 0 Å². The molecule has 37 heavy (non-hydrogen) atoms. The summed E-state index contributed by atoms with van der Waals surface area (Å²) < 4.78 is 13.1. The van der Waals surface area contributed by atoms with Crippen molar-refractivity contribution in [1.82, 2.24) is 0 Å². The molecule has 1 aliphatic carbocycles. The van der Waals surface area contributed by atoms with Gasteiger partial charge < -0.3 is 14.2 Å². The number of rotatable bonds is 2. The van der Waals surface area contributed by atoms with Gasteiger partial charge in [0.15, 0.2) is 0 Å². The van der Waals surface area contributed by atoms with E-state index >= 15 is 0 Å². The highest BCUT2D eigenvalue weighted by Gasteiger charge is 2.56. The minimum absolute atomic E-state index is 0.108. The lowest BCUT2D eigenvalue weighted by molar-refractivity contribution is 0.00578. The molecular formula is C33H34BNO2. The lowest BCUT2D eigenvalue weighted by atomic mass is 9.62. The first kappa shape index (κ1) is 23.1. The van der Waals surface area contributed by atoms with Gasteiger partial charge in [-0.1, -0.05) is 80.6 Å². The maximum Gasteiger partial charge on any atom is 0.494 e. The quantitative estimate of drug-likeness (QED) is 0.345. The van der Waals surface area contributed by atoms with E-state index in [-0.39, 0.29) is 35.7 Å². The number of para-hydroxylation sites is 1.